The molecule has 2 saturated carbocycles. The van der Waals surface area contributed by atoms with Crippen LogP contribution in [0.25, 0.3) is 55.4 Å². The van der Waals surface area contributed by atoms with Crippen LogP contribution in [0.1, 0.15) is 90.9 Å². The van der Waals surface area contributed by atoms with Crippen molar-refractivity contribution < 1.29 is 0 Å². The first-order chi connectivity index (χ1) is 24.8. The summed E-state index contributed by atoms with van der Waals surface area (Å²) in [4.78, 5) is 0. The smallest absolute Gasteiger partial charge is 0.251 e. The van der Waals surface area contributed by atoms with Crippen LogP contribution >= 0.6 is 0 Å². The topological polar surface area (TPSA) is 9.34 Å². The zero-order valence-corrected chi connectivity index (χ0v) is 30.5. The van der Waals surface area contributed by atoms with Crippen molar-refractivity contribution in [1.82, 2.24) is 8.97 Å². The summed E-state index contributed by atoms with van der Waals surface area (Å²) < 4.78 is 5.45. The quantitative estimate of drug-likeness (QED) is 0.144. The van der Waals surface area contributed by atoms with Crippen molar-refractivity contribution in [3.05, 3.63) is 112 Å². The Labute approximate surface area is 300 Å². The van der Waals surface area contributed by atoms with Crippen LogP contribution in [0.3, 0.4) is 0 Å². The molecule has 51 heavy (non-hydrogen) atoms. The lowest BCUT2D eigenvalue weighted by atomic mass is 9.37. The van der Waals surface area contributed by atoms with E-state index in [2.05, 4.69) is 116 Å². The lowest BCUT2D eigenvalue weighted by Gasteiger charge is -2.41. The minimum atomic E-state index is -0.162. The van der Waals surface area contributed by atoms with E-state index in [9.17, 15) is 0 Å². The van der Waals surface area contributed by atoms with E-state index in [4.69, 9.17) is 0 Å². The Morgan fingerprint density at radius 3 is 2.53 bits per heavy atom. The van der Waals surface area contributed by atoms with Gasteiger partial charge in [-0.1, -0.05) is 86.4 Å². The summed E-state index contributed by atoms with van der Waals surface area (Å²) >= 11 is 0. The number of benzene rings is 5. The van der Waals surface area contributed by atoms with Gasteiger partial charge in [0.1, 0.15) is 5.65 Å². The van der Waals surface area contributed by atoms with Gasteiger partial charge in [0, 0.05) is 22.4 Å². The summed E-state index contributed by atoms with van der Waals surface area (Å²) in [5, 5.41) is 2.74. The van der Waals surface area contributed by atoms with E-state index in [0.717, 1.165) is 23.7 Å². The van der Waals surface area contributed by atoms with E-state index in [-0.39, 0.29) is 12.1 Å². The molecule has 3 bridgehead atoms. The fraction of sp³-hybridized carbons (Fsp3) is 0.333. The molecule has 4 aliphatic carbocycles. The third-order valence-electron chi connectivity index (χ3n) is 15.1. The highest BCUT2D eigenvalue weighted by molar-refractivity contribution is 7.02. The van der Waals surface area contributed by atoms with E-state index in [1.807, 2.05) is 0 Å². The van der Waals surface area contributed by atoms with E-state index < -0.39 is 0 Å². The highest BCUT2D eigenvalue weighted by Gasteiger charge is 2.51. The third kappa shape index (κ3) is 3.18. The average Bonchev–Trinajstić information content (AvgIpc) is 3.79. The zero-order valence-electron chi connectivity index (χ0n) is 30.5. The fourth-order valence-electron chi connectivity index (χ4n) is 13.4. The summed E-state index contributed by atoms with van der Waals surface area (Å²) in [5.74, 6) is 3.50. The largest absolute Gasteiger partial charge is 0.297 e. The summed E-state index contributed by atoms with van der Waals surface area (Å²) in [7, 11) is 0. The maximum Gasteiger partial charge on any atom is 0.251 e. The number of imidazole rings is 1. The molecule has 2 nitrogen and oxygen atoms in total. The predicted molar refractivity (Wildman–Crippen MR) is 214 cm³/mol. The van der Waals surface area contributed by atoms with Crippen molar-refractivity contribution in [3.8, 4) is 27.9 Å². The Bertz CT molecular complexity index is 2810. The Morgan fingerprint density at radius 1 is 0.765 bits per heavy atom. The maximum atomic E-state index is 2.77. The van der Waals surface area contributed by atoms with Crippen LogP contribution in [0.5, 0.6) is 0 Å². The Balaban J connectivity index is 1.20. The molecule has 3 heteroatoms. The van der Waals surface area contributed by atoms with Gasteiger partial charge >= 0.3 is 0 Å². The zero-order chi connectivity index (χ0) is 33.8. The summed E-state index contributed by atoms with van der Waals surface area (Å²) in [6.07, 6.45) is 8.51. The van der Waals surface area contributed by atoms with Crippen LogP contribution in [0.15, 0.2) is 72.8 Å². The molecule has 248 valence electrons. The van der Waals surface area contributed by atoms with Crippen molar-refractivity contribution >= 4 is 50.6 Å². The third-order valence-corrected chi connectivity index (χ3v) is 15.1. The van der Waals surface area contributed by atoms with Gasteiger partial charge < -0.3 is 0 Å². The number of nitrogens with zero attached hydrogens (tertiary/aromatic N) is 2. The van der Waals surface area contributed by atoms with Crippen LogP contribution in [-0.2, 0) is 11.8 Å². The molecule has 0 spiro atoms. The van der Waals surface area contributed by atoms with Gasteiger partial charge in [-0.25, -0.2) is 0 Å². The van der Waals surface area contributed by atoms with Crippen LogP contribution in [-0.4, -0.2) is 15.7 Å². The Kier molecular flexibility index (Phi) is 4.92. The molecular formula is C48H43BN2. The Morgan fingerprint density at radius 2 is 1.63 bits per heavy atom. The number of rotatable bonds is 0. The molecule has 6 aliphatic rings. The minimum absolute atomic E-state index is 0.162. The maximum absolute atomic E-state index is 2.77. The summed E-state index contributed by atoms with van der Waals surface area (Å²) in [6.45, 7) is 12.2. The van der Waals surface area contributed by atoms with E-state index in [1.54, 1.807) is 27.5 Å². The standard InChI is InChI=1S/C48H43BN2/c1-24-14-26(3)45-40(17-24)51-46-41(34-13-12-28-8-6-7-9-33(28)42(34)48(46,4)5)44-47(51)50(45)39-16-25(2)15-37-36-23-35-31-19-27-10-11-29(30(18-27)21-31)20-32(35)22-38(36)49(44)43(37)39/h6-9,12-17,22-23,27,29-31H,10-11,18-21H2,1-5H3. The van der Waals surface area contributed by atoms with Crippen molar-refractivity contribution in [3.63, 3.8) is 0 Å². The number of hydrogen-bond acceptors (Lipinski definition) is 0. The van der Waals surface area contributed by atoms with Gasteiger partial charge in [-0.05, 0) is 160 Å². The van der Waals surface area contributed by atoms with Crippen molar-refractivity contribution in [2.24, 2.45) is 17.8 Å². The van der Waals surface area contributed by atoms with Crippen molar-refractivity contribution in [1.29, 1.82) is 0 Å². The number of fused-ring (bicyclic) bond motifs is 19. The van der Waals surface area contributed by atoms with Crippen LogP contribution in [0, 0.1) is 38.5 Å². The number of aryl methyl sites for hydroxylation is 3. The van der Waals surface area contributed by atoms with Gasteiger partial charge in [-0.3, -0.25) is 8.97 Å². The van der Waals surface area contributed by atoms with Gasteiger partial charge in [0.05, 0.1) is 11.0 Å². The van der Waals surface area contributed by atoms with Crippen molar-refractivity contribution in [2.45, 2.75) is 84.5 Å². The van der Waals surface area contributed by atoms with Gasteiger partial charge in [0.2, 0.25) is 0 Å². The molecule has 2 fully saturated rings. The molecule has 13 rings (SSSR count). The molecule has 4 unspecified atom stereocenters. The molecule has 4 heterocycles. The number of hydrogen-bond donors (Lipinski definition) is 0. The molecule has 0 N–H and O–H groups in total. The second kappa shape index (κ2) is 8.92. The molecule has 7 aromatic rings. The van der Waals surface area contributed by atoms with E-state index in [1.165, 1.54) is 122 Å². The second-order valence-electron chi connectivity index (χ2n) is 18.3. The first-order valence-corrected chi connectivity index (χ1v) is 19.8. The average molecular weight is 659 g/mol. The molecule has 0 radical (unpaired) electrons. The molecular weight excluding hydrogens is 615 g/mol. The van der Waals surface area contributed by atoms with Crippen LogP contribution < -0.4 is 16.4 Å². The second-order valence-corrected chi connectivity index (χ2v) is 18.3. The fourth-order valence-corrected chi connectivity index (χ4v) is 13.4. The summed E-state index contributed by atoms with van der Waals surface area (Å²) in [5.41, 5.74) is 26.5. The molecule has 4 atom stereocenters. The summed E-state index contributed by atoms with van der Waals surface area (Å²) in [6, 6.07) is 29.4. The molecule has 2 aliphatic heterocycles. The lowest BCUT2D eigenvalue weighted by Crippen LogP contribution is -2.53. The highest BCUT2D eigenvalue weighted by atomic mass is 15.2. The highest BCUT2D eigenvalue weighted by Crippen LogP contribution is 2.56. The SMILES string of the molecule is Cc1cc2c3c(c1)-n1c4c(C)cc(C)cc4n4c5c(c(c14)B3c1cc3c(cc1-2)C1CC2CCC(C3)C(C2)C1)-c1ccc2ccccc2c1C5(C)C. The van der Waals surface area contributed by atoms with E-state index >= 15 is 0 Å². The molecule has 0 amide bonds. The monoisotopic (exact) mass is 658 g/mol. The predicted octanol–water partition coefficient (Wildman–Crippen LogP) is 9.54. The minimum Gasteiger partial charge on any atom is -0.297 e. The molecule has 0 saturated heterocycles. The van der Waals surface area contributed by atoms with Gasteiger partial charge in [-0.15, -0.1) is 0 Å². The van der Waals surface area contributed by atoms with E-state index in [0.29, 0.717) is 0 Å². The first-order valence-electron chi connectivity index (χ1n) is 19.8. The lowest BCUT2D eigenvalue weighted by molar-refractivity contribution is 0.115. The normalized spacial score (nSPS) is 23.8. The van der Waals surface area contributed by atoms with Crippen LogP contribution in [0.2, 0.25) is 0 Å². The number of aromatic nitrogens is 2. The molecule has 5 aromatic carbocycles. The Hall–Kier alpha value is -4.50. The van der Waals surface area contributed by atoms with Crippen molar-refractivity contribution in [2.75, 3.05) is 0 Å². The van der Waals surface area contributed by atoms with Gasteiger partial charge in [0.15, 0.2) is 0 Å². The van der Waals surface area contributed by atoms with Crippen LogP contribution in [0.4, 0.5) is 0 Å². The first kappa shape index (κ1) is 28.1. The van der Waals surface area contributed by atoms with Gasteiger partial charge in [-0.2, -0.15) is 0 Å². The molecule has 2 aromatic heterocycles. The van der Waals surface area contributed by atoms with Gasteiger partial charge in [0.25, 0.3) is 6.71 Å².